The lowest BCUT2D eigenvalue weighted by molar-refractivity contribution is 0.296. The second kappa shape index (κ2) is 5.53. The van der Waals surface area contributed by atoms with Gasteiger partial charge in [0.1, 0.15) is 0 Å². The average molecular weight is 208 g/mol. The van der Waals surface area contributed by atoms with E-state index in [1.165, 1.54) is 0 Å². The number of hydrogen-bond acceptors (Lipinski definition) is 4. The fourth-order valence-corrected chi connectivity index (χ4v) is 1.91. The smallest absolute Gasteiger partial charge is 0.0992 e. The van der Waals surface area contributed by atoms with Crippen molar-refractivity contribution in [3.8, 4) is 6.07 Å². The SMILES string of the molecule is N#Cc1ccc(N)c(SCCCO)c1. The summed E-state index contributed by atoms with van der Waals surface area (Å²) in [5, 5.41) is 17.3. The summed E-state index contributed by atoms with van der Waals surface area (Å²) in [4.78, 5) is 0.914. The Morgan fingerprint density at radius 1 is 1.50 bits per heavy atom. The molecule has 0 aliphatic rings. The Kier molecular flexibility index (Phi) is 4.30. The molecule has 0 saturated heterocycles. The number of nitrogens with two attached hydrogens (primary N) is 1. The van der Waals surface area contributed by atoms with Crippen LogP contribution < -0.4 is 5.73 Å². The number of rotatable bonds is 4. The van der Waals surface area contributed by atoms with Gasteiger partial charge in [-0.1, -0.05) is 0 Å². The van der Waals surface area contributed by atoms with Crippen molar-refractivity contribution in [3.63, 3.8) is 0 Å². The van der Waals surface area contributed by atoms with Crippen molar-refractivity contribution in [2.45, 2.75) is 11.3 Å². The summed E-state index contributed by atoms with van der Waals surface area (Å²) in [5.74, 6) is 0.815. The van der Waals surface area contributed by atoms with Crippen LogP contribution in [0.3, 0.4) is 0 Å². The Morgan fingerprint density at radius 3 is 2.93 bits per heavy atom. The number of nitriles is 1. The van der Waals surface area contributed by atoms with Gasteiger partial charge in [0, 0.05) is 22.9 Å². The molecule has 0 spiro atoms. The van der Waals surface area contributed by atoms with E-state index in [2.05, 4.69) is 6.07 Å². The van der Waals surface area contributed by atoms with Crippen LogP contribution in [0.15, 0.2) is 23.1 Å². The molecular weight excluding hydrogens is 196 g/mol. The monoisotopic (exact) mass is 208 g/mol. The Morgan fingerprint density at radius 2 is 2.29 bits per heavy atom. The highest BCUT2D eigenvalue weighted by molar-refractivity contribution is 7.99. The second-order valence-corrected chi connectivity index (χ2v) is 3.93. The van der Waals surface area contributed by atoms with Crippen molar-refractivity contribution in [2.75, 3.05) is 18.1 Å². The quantitative estimate of drug-likeness (QED) is 0.448. The number of nitrogens with zero attached hydrogens (tertiary/aromatic N) is 1. The zero-order chi connectivity index (χ0) is 10.4. The van der Waals surface area contributed by atoms with Gasteiger partial charge in [0.25, 0.3) is 0 Å². The molecule has 0 aliphatic heterocycles. The average Bonchev–Trinajstić information content (AvgIpc) is 2.21. The van der Waals surface area contributed by atoms with Gasteiger partial charge < -0.3 is 10.8 Å². The minimum absolute atomic E-state index is 0.185. The van der Waals surface area contributed by atoms with Gasteiger partial charge >= 0.3 is 0 Å². The summed E-state index contributed by atoms with van der Waals surface area (Å²) in [5.41, 5.74) is 7.04. The minimum atomic E-state index is 0.185. The van der Waals surface area contributed by atoms with E-state index in [1.807, 2.05) is 0 Å². The molecule has 0 unspecified atom stereocenters. The van der Waals surface area contributed by atoms with Gasteiger partial charge in [-0.3, -0.25) is 0 Å². The molecule has 1 aromatic carbocycles. The molecule has 0 radical (unpaired) electrons. The highest BCUT2D eigenvalue weighted by atomic mass is 32.2. The second-order valence-electron chi connectivity index (χ2n) is 2.79. The maximum atomic E-state index is 8.68. The van der Waals surface area contributed by atoms with E-state index in [4.69, 9.17) is 16.1 Å². The molecule has 0 atom stereocenters. The van der Waals surface area contributed by atoms with E-state index in [0.29, 0.717) is 11.3 Å². The third-order valence-corrected chi connectivity index (χ3v) is 2.86. The van der Waals surface area contributed by atoms with Crippen LogP contribution in [-0.4, -0.2) is 17.5 Å². The first-order chi connectivity index (χ1) is 6.77. The van der Waals surface area contributed by atoms with E-state index in [1.54, 1.807) is 30.0 Å². The van der Waals surface area contributed by atoms with Crippen molar-refractivity contribution in [3.05, 3.63) is 23.8 Å². The van der Waals surface area contributed by atoms with Crippen molar-refractivity contribution in [1.29, 1.82) is 5.26 Å². The summed E-state index contributed by atoms with van der Waals surface area (Å²) in [7, 11) is 0. The molecule has 0 fully saturated rings. The first-order valence-corrected chi connectivity index (χ1v) is 5.29. The minimum Gasteiger partial charge on any atom is -0.398 e. The van der Waals surface area contributed by atoms with E-state index < -0.39 is 0 Å². The van der Waals surface area contributed by atoms with Crippen LogP contribution in [-0.2, 0) is 0 Å². The lowest BCUT2D eigenvalue weighted by Gasteiger charge is -2.04. The summed E-state index contributed by atoms with van der Waals surface area (Å²) in [6, 6.07) is 7.28. The molecule has 74 valence electrons. The maximum absolute atomic E-state index is 8.68. The number of nitrogen functional groups attached to an aromatic ring is 1. The van der Waals surface area contributed by atoms with E-state index in [0.717, 1.165) is 17.1 Å². The van der Waals surface area contributed by atoms with Crippen molar-refractivity contribution >= 4 is 17.4 Å². The molecule has 0 aliphatic carbocycles. The summed E-state index contributed by atoms with van der Waals surface area (Å²) < 4.78 is 0. The van der Waals surface area contributed by atoms with Gasteiger partial charge in [0.05, 0.1) is 11.6 Å². The van der Waals surface area contributed by atoms with Crippen LogP contribution in [0.4, 0.5) is 5.69 Å². The van der Waals surface area contributed by atoms with Crippen LogP contribution in [0.5, 0.6) is 0 Å². The highest BCUT2D eigenvalue weighted by Gasteiger charge is 2.01. The van der Waals surface area contributed by atoms with Crippen molar-refractivity contribution in [1.82, 2.24) is 0 Å². The predicted molar refractivity (Wildman–Crippen MR) is 58.0 cm³/mol. The fourth-order valence-electron chi connectivity index (χ4n) is 0.976. The molecule has 4 heteroatoms. The van der Waals surface area contributed by atoms with Crippen LogP contribution in [0, 0.1) is 11.3 Å². The van der Waals surface area contributed by atoms with E-state index in [9.17, 15) is 0 Å². The topological polar surface area (TPSA) is 70.0 Å². The third kappa shape index (κ3) is 2.95. The van der Waals surface area contributed by atoms with Gasteiger partial charge in [0.2, 0.25) is 0 Å². The molecule has 1 aromatic rings. The Hall–Kier alpha value is -1.18. The molecule has 0 amide bonds. The van der Waals surface area contributed by atoms with Gasteiger partial charge in [-0.2, -0.15) is 5.26 Å². The first kappa shape index (κ1) is 10.9. The molecule has 14 heavy (non-hydrogen) atoms. The van der Waals surface area contributed by atoms with Crippen LogP contribution in [0.1, 0.15) is 12.0 Å². The summed E-state index contributed by atoms with van der Waals surface area (Å²) in [6.07, 6.45) is 0.737. The molecule has 0 saturated carbocycles. The number of aliphatic hydroxyl groups excluding tert-OH is 1. The highest BCUT2D eigenvalue weighted by Crippen LogP contribution is 2.26. The van der Waals surface area contributed by atoms with Gasteiger partial charge in [0.15, 0.2) is 0 Å². The first-order valence-electron chi connectivity index (χ1n) is 4.31. The van der Waals surface area contributed by atoms with Crippen molar-refractivity contribution in [2.24, 2.45) is 0 Å². The molecule has 1 rings (SSSR count). The molecule has 0 bridgehead atoms. The number of anilines is 1. The van der Waals surface area contributed by atoms with Gasteiger partial charge in [-0.25, -0.2) is 0 Å². The number of thioether (sulfide) groups is 1. The summed E-state index contributed by atoms with van der Waals surface area (Å²) >= 11 is 1.57. The number of hydrogen-bond donors (Lipinski definition) is 2. The van der Waals surface area contributed by atoms with Crippen LogP contribution in [0.2, 0.25) is 0 Å². The lowest BCUT2D eigenvalue weighted by Crippen LogP contribution is -1.91. The Balaban J connectivity index is 2.70. The zero-order valence-electron chi connectivity index (χ0n) is 7.73. The largest absolute Gasteiger partial charge is 0.398 e. The standard InChI is InChI=1S/C10H12N2OS/c11-7-8-2-3-9(12)10(6-8)14-5-1-4-13/h2-3,6,13H,1,4-5,12H2. The fraction of sp³-hybridized carbons (Fsp3) is 0.300. The Labute approximate surface area is 87.5 Å². The number of aliphatic hydroxyl groups is 1. The lowest BCUT2D eigenvalue weighted by atomic mass is 10.2. The number of benzene rings is 1. The maximum Gasteiger partial charge on any atom is 0.0992 e. The van der Waals surface area contributed by atoms with E-state index >= 15 is 0 Å². The van der Waals surface area contributed by atoms with Gasteiger partial charge in [-0.15, -0.1) is 11.8 Å². The van der Waals surface area contributed by atoms with Gasteiger partial charge in [-0.05, 0) is 24.6 Å². The zero-order valence-corrected chi connectivity index (χ0v) is 8.55. The molecule has 3 N–H and O–H groups in total. The molecule has 0 heterocycles. The van der Waals surface area contributed by atoms with E-state index in [-0.39, 0.29) is 6.61 Å². The third-order valence-electron chi connectivity index (χ3n) is 1.70. The predicted octanol–water partition coefficient (Wildman–Crippen LogP) is 1.61. The van der Waals surface area contributed by atoms with Crippen LogP contribution >= 0.6 is 11.8 Å². The van der Waals surface area contributed by atoms with Crippen LogP contribution in [0.25, 0.3) is 0 Å². The molecular formula is C10H12N2OS. The normalized spacial score (nSPS) is 9.71. The Bertz CT molecular complexity index is 346. The molecule has 3 nitrogen and oxygen atoms in total. The van der Waals surface area contributed by atoms with Crippen molar-refractivity contribution < 1.29 is 5.11 Å². The summed E-state index contributed by atoms with van der Waals surface area (Å²) in [6.45, 7) is 0.185. The molecule has 0 aromatic heterocycles.